The molecule has 1 amide bonds. The molecule has 1 heterocycles. The van der Waals surface area contributed by atoms with Gasteiger partial charge in [0.25, 0.3) is 5.91 Å². The number of carbonyl (C=O) groups excluding carboxylic acids is 1. The van der Waals surface area contributed by atoms with Crippen molar-refractivity contribution in [2.24, 2.45) is 0 Å². The van der Waals surface area contributed by atoms with Crippen LogP contribution in [-0.2, 0) is 0 Å². The molecule has 5 heteroatoms. The van der Waals surface area contributed by atoms with Gasteiger partial charge in [-0.2, -0.15) is 5.26 Å². The first-order valence-corrected chi connectivity index (χ1v) is 7.01. The summed E-state index contributed by atoms with van der Waals surface area (Å²) in [5.74, 6) is -0.256. The van der Waals surface area contributed by atoms with Crippen molar-refractivity contribution in [2.75, 3.05) is 0 Å². The first-order valence-electron chi connectivity index (χ1n) is 6.19. The third kappa shape index (κ3) is 3.03. The normalized spacial score (nSPS) is 10.9. The summed E-state index contributed by atoms with van der Waals surface area (Å²) in [5, 5.41) is 12.5. The molecule has 4 nitrogen and oxygen atoms in total. The van der Waals surface area contributed by atoms with Crippen LogP contribution in [0.1, 0.15) is 29.2 Å². The van der Waals surface area contributed by atoms with Gasteiger partial charge in [0.05, 0.1) is 11.8 Å². The van der Waals surface area contributed by atoms with Gasteiger partial charge in [-0.05, 0) is 20.8 Å². The Hall–Kier alpha value is -2.19. The van der Waals surface area contributed by atoms with E-state index in [4.69, 9.17) is 5.26 Å². The highest BCUT2D eigenvalue weighted by Crippen LogP contribution is 2.27. The van der Waals surface area contributed by atoms with Crippen molar-refractivity contribution in [2.45, 2.75) is 26.3 Å². The van der Waals surface area contributed by atoms with Gasteiger partial charge in [-0.3, -0.25) is 4.79 Å². The van der Waals surface area contributed by atoms with E-state index in [2.05, 4.69) is 16.4 Å². The van der Waals surface area contributed by atoms with Gasteiger partial charge in [0, 0.05) is 5.56 Å². The molecule has 0 saturated heterocycles. The van der Waals surface area contributed by atoms with Crippen molar-refractivity contribution in [3.05, 3.63) is 40.9 Å². The lowest BCUT2D eigenvalue weighted by Gasteiger charge is -2.16. The number of thiazole rings is 1. The maximum Gasteiger partial charge on any atom is 0.264 e. The Bertz CT molecular complexity index is 668. The average Bonchev–Trinajstić information content (AvgIpc) is 2.81. The van der Waals surface area contributed by atoms with Crippen LogP contribution in [0, 0.1) is 18.3 Å². The van der Waals surface area contributed by atoms with E-state index >= 15 is 0 Å². The van der Waals surface area contributed by atoms with Gasteiger partial charge in [-0.1, -0.05) is 30.3 Å². The van der Waals surface area contributed by atoms with Crippen LogP contribution in [0.3, 0.4) is 0 Å². The third-order valence-corrected chi connectivity index (χ3v) is 3.93. The van der Waals surface area contributed by atoms with E-state index in [0.717, 1.165) is 10.6 Å². The summed E-state index contributed by atoms with van der Waals surface area (Å²) in [6, 6.07) is 11.8. The molecule has 2 aromatic rings. The zero-order valence-corrected chi connectivity index (χ0v) is 12.4. The van der Waals surface area contributed by atoms with Gasteiger partial charge in [0.1, 0.15) is 15.4 Å². The number of rotatable bonds is 3. The Kier molecular flexibility index (Phi) is 3.86. The summed E-state index contributed by atoms with van der Waals surface area (Å²) < 4.78 is 0. The lowest BCUT2D eigenvalue weighted by molar-refractivity contribution is 0.0932. The highest BCUT2D eigenvalue weighted by atomic mass is 32.1. The van der Waals surface area contributed by atoms with Crippen LogP contribution in [0.25, 0.3) is 10.6 Å². The van der Waals surface area contributed by atoms with Crippen LogP contribution in [-0.4, -0.2) is 16.4 Å². The summed E-state index contributed by atoms with van der Waals surface area (Å²) in [4.78, 5) is 17.2. The average molecular weight is 285 g/mol. The summed E-state index contributed by atoms with van der Waals surface area (Å²) in [6.45, 7) is 5.13. The van der Waals surface area contributed by atoms with E-state index in [-0.39, 0.29) is 5.91 Å². The Morgan fingerprint density at radius 3 is 2.60 bits per heavy atom. The maximum absolute atomic E-state index is 12.2. The number of hydrogen-bond acceptors (Lipinski definition) is 4. The molecule has 0 atom stereocenters. The fourth-order valence-corrected chi connectivity index (χ4v) is 2.65. The van der Waals surface area contributed by atoms with E-state index < -0.39 is 5.54 Å². The monoisotopic (exact) mass is 285 g/mol. The molecule has 0 bridgehead atoms. The summed E-state index contributed by atoms with van der Waals surface area (Å²) >= 11 is 1.34. The molecule has 0 radical (unpaired) electrons. The van der Waals surface area contributed by atoms with E-state index in [1.807, 2.05) is 30.3 Å². The number of aryl methyl sites for hydroxylation is 1. The minimum absolute atomic E-state index is 0.256. The van der Waals surface area contributed by atoms with Crippen molar-refractivity contribution in [1.29, 1.82) is 5.26 Å². The molecule has 0 unspecified atom stereocenters. The van der Waals surface area contributed by atoms with Crippen LogP contribution >= 0.6 is 11.3 Å². The van der Waals surface area contributed by atoms with E-state index in [0.29, 0.717) is 10.6 Å². The Morgan fingerprint density at radius 2 is 2.00 bits per heavy atom. The number of nitriles is 1. The Labute approximate surface area is 122 Å². The van der Waals surface area contributed by atoms with Crippen molar-refractivity contribution in [3.8, 4) is 16.6 Å². The molecule has 1 aromatic heterocycles. The van der Waals surface area contributed by atoms with E-state index in [1.54, 1.807) is 20.8 Å². The molecular formula is C15H15N3OS. The number of nitrogens with zero attached hydrogens (tertiary/aromatic N) is 2. The predicted molar refractivity (Wildman–Crippen MR) is 79.4 cm³/mol. The summed E-state index contributed by atoms with van der Waals surface area (Å²) in [5.41, 5.74) is 0.778. The molecule has 2 rings (SSSR count). The van der Waals surface area contributed by atoms with Crippen molar-refractivity contribution in [1.82, 2.24) is 10.3 Å². The fourth-order valence-electron chi connectivity index (χ4n) is 1.68. The Morgan fingerprint density at radius 1 is 1.35 bits per heavy atom. The van der Waals surface area contributed by atoms with Crippen LogP contribution in [0.5, 0.6) is 0 Å². The topological polar surface area (TPSA) is 65.8 Å². The molecule has 0 aliphatic rings. The number of hydrogen-bond donors (Lipinski definition) is 1. The van der Waals surface area contributed by atoms with Crippen LogP contribution < -0.4 is 5.32 Å². The molecule has 102 valence electrons. The fraction of sp³-hybridized carbons (Fsp3) is 0.267. The summed E-state index contributed by atoms with van der Waals surface area (Å²) in [6.07, 6.45) is 0. The SMILES string of the molecule is Cc1nc(-c2ccccc2)sc1C(=O)NC(C)(C)C#N. The highest BCUT2D eigenvalue weighted by molar-refractivity contribution is 7.17. The predicted octanol–water partition coefficient (Wildman–Crippen LogP) is 3.15. The van der Waals surface area contributed by atoms with Gasteiger partial charge >= 0.3 is 0 Å². The number of carbonyl (C=O) groups is 1. The lowest BCUT2D eigenvalue weighted by atomic mass is 10.1. The standard InChI is InChI=1S/C15H15N3OS/c1-10-12(13(19)18-15(2,3)9-16)20-14(17-10)11-7-5-4-6-8-11/h4-8H,1-3H3,(H,18,19). The molecule has 20 heavy (non-hydrogen) atoms. The van der Waals surface area contributed by atoms with Crippen molar-refractivity contribution in [3.63, 3.8) is 0 Å². The quantitative estimate of drug-likeness (QED) is 0.942. The molecule has 1 N–H and O–H groups in total. The molecular weight excluding hydrogens is 270 g/mol. The molecule has 0 fully saturated rings. The number of aromatic nitrogens is 1. The van der Waals surface area contributed by atoms with E-state index in [9.17, 15) is 4.79 Å². The van der Waals surface area contributed by atoms with E-state index in [1.165, 1.54) is 11.3 Å². The van der Waals surface area contributed by atoms with Crippen molar-refractivity contribution < 1.29 is 4.79 Å². The summed E-state index contributed by atoms with van der Waals surface area (Å²) in [7, 11) is 0. The van der Waals surface area contributed by atoms with Gasteiger partial charge in [-0.15, -0.1) is 11.3 Å². The van der Waals surface area contributed by atoms with Gasteiger partial charge in [0.2, 0.25) is 0 Å². The minimum atomic E-state index is -0.888. The molecule has 0 aliphatic carbocycles. The second-order valence-corrected chi connectivity index (χ2v) is 5.99. The molecule has 0 aliphatic heterocycles. The third-order valence-electron chi connectivity index (χ3n) is 2.73. The van der Waals surface area contributed by atoms with Crippen LogP contribution in [0.15, 0.2) is 30.3 Å². The Balaban J connectivity index is 2.29. The maximum atomic E-state index is 12.2. The second kappa shape index (κ2) is 5.43. The number of amides is 1. The van der Waals surface area contributed by atoms with Crippen LogP contribution in [0.2, 0.25) is 0 Å². The largest absolute Gasteiger partial charge is 0.333 e. The molecule has 0 saturated carbocycles. The number of benzene rings is 1. The van der Waals surface area contributed by atoms with Gasteiger partial charge < -0.3 is 5.32 Å². The lowest BCUT2D eigenvalue weighted by Crippen LogP contribution is -2.41. The first kappa shape index (κ1) is 14.2. The van der Waals surface area contributed by atoms with Crippen molar-refractivity contribution >= 4 is 17.2 Å². The zero-order valence-electron chi connectivity index (χ0n) is 11.6. The second-order valence-electron chi connectivity index (χ2n) is 4.99. The van der Waals surface area contributed by atoms with Gasteiger partial charge in [0.15, 0.2) is 0 Å². The smallest absolute Gasteiger partial charge is 0.264 e. The minimum Gasteiger partial charge on any atom is -0.333 e. The zero-order chi connectivity index (χ0) is 14.8. The molecule has 1 aromatic carbocycles. The highest BCUT2D eigenvalue weighted by Gasteiger charge is 2.23. The molecule has 0 spiro atoms. The van der Waals surface area contributed by atoms with Crippen LogP contribution in [0.4, 0.5) is 0 Å². The first-order chi connectivity index (χ1) is 9.43. The van der Waals surface area contributed by atoms with Gasteiger partial charge in [-0.25, -0.2) is 4.98 Å². The number of nitrogens with one attached hydrogen (secondary N) is 1.